The Labute approximate surface area is 238 Å². The second kappa shape index (κ2) is 12.4. The van der Waals surface area contributed by atoms with Crippen molar-refractivity contribution in [2.75, 3.05) is 25.6 Å². The third kappa shape index (κ3) is 6.22. The van der Waals surface area contributed by atoms with Crippen molar-refractivity contribution >= 4 is 23.7 Å². The second-order valence-corrected chi connectivity index (χ2v) is 9.72. The van der Waals surface area contributed by atoms with Gasteiger partial charge in [0.1, 0.15) is 12.4 Å². The Balaban J connectivity index is 1.27. The normalized spacial score (nSPS) is 11.7. The number of carboxylic acid groups (broad SMARTS) is 1. The van der Waals surface area contributed by atoms with E-state index in [0.29, 0.717) is 5.69 Å². The number of carbonyl (C=O) groups is 3. The molecule has 2 N–H and O–H groups in total. The zero-order valence-electron chi connectivity index (χ0n) is 22.6. The monoisotopic (exact) mass is 550 g/mol. The van der Waals surface area contributed by atoms with E-state index in [9.17, 15) is 19.5 Å². The van der Waals surface area contributed by atoms with Crippen LogP contribution in [-0.2, 0) is 16.1 Å². The van der Waals surface area contributed by atoms with Crippen LogP contribution in [0.3, 0.4) is 0 Å². The number of ether oxygens (including phenoxy) is 2. The molecule has 8 nitrogen and oxygen atoms in total. The Morgan fingerprint density at radius 2 is 1.49 bits per heavy atom. The quantitative estimate of drug-likeness (QED) is 0.245. The summed E-state index contributed by atoms with van der Waals surface area (Å²) in [6.07, 6.45) is -0.817. The van der Waals surface area contributed by atoms with Gasteiger partial charge >= 0.3 is 12.1 Å². The van der Waals surface area contributed by atoms with E-state index in [1.54, 1.807) is 18.2 Å². The molecule has 5 rings (SSSR count). The minimum atomic E-state index is -0.995. The maximum Gasteiger partial charge on any atom is 0.411 e. The SMILES string of the molecule is COc1cc(NC(=O)OCC2c3ccccc3-c3ccccc32)ccc1C(=O)N(CCC(=O)O)Cc1ccccc1. The molecule has 208 valence electrons. The molecule has 41 heavy (non-hydrogen) atoms. The van der Waals surface area contributed by atoms with Gasteiger partial charge in [-0.05, 0) is 39.9 Å². The lowest BCUT2D eigenvalue weighted by atomic mass is 9.98. The summed E-state index contributed by atoms with van der Waals surface area (Å²) in [6, 6.07) is 30.3. The van der Waals surface area contributed by atoms with Gasteiger partial charge in [0.25, 0.3) is 5.91 Å². The van der Waals surface area contributed by atoms with E-state index in [2.05, 4.69) is 29.6 Å². The van der Waals surface area contributed by atoms with Gasteiger partial charge in [-0.2, -0.15) is 0 Å². The lowest BCUT2D eigenvalue weighted by Crippen LogP contribution is -2.33. The van der Waals surface area contributed by atoms with Crippen molar-refractivity contribution < 1.29 is 29.0 Å². The average molecular weight is 551 g/mol. The highest BCUT2D eigenvalue weighted by Gasteiger charge is 2.29. The fourth-order valence-corrected chi connectivity index (χ4v) is 5.16. The molecule has 0 fully saturated rings. The number of hydrogen-bond donors (Lipinski definition) is 2. The van der Waals surface area contributed by atoms with Crippen LogP contribution in [0.25, 0.3) is 11.1 Å². The first-order chi connectivity index (χ1) is 19.9. The number of nitrogens with zero attached hydrogens (tertiary/aromatic N) is 1. The van der Waals surface area contributed by atoms with Crippen molar-refractivity contribution in [3.63, 3.8) is 0 Å². The van der Waals surface area contributed by atoms with Crippen molar-refractivity contribution in [3.05, 3.63) is 119 Å². The molecule has 0 radical (unpaired) electrons. The summed E-state index contributed by atoms with van der Waals surface area (Å²) in [5.41, 5.74) is 6.06. The fraction of sp³-hybridized carbons (Fsp3) is 0.182. The highest BCUT2D eigenvalue weighted by Crippen LogP contribution is 2.44. The number of benzene rings is 4. The van der Waals surface area contributed by atoms with E-state index in [1.165, 1.54) is 12.0 Å². The number of carbonyl (C=O) groups excluding carboxylic acids is 2. The Morgan fingerprint density at radius 3 is 2.12 bits per heavy atom. The molecule has 2 amide bonds. The third-order valence-electron chi connectivity index (χ3n) is 7.12. The van der Waals surface area contributed by atoms with Crippen molar-refractivity contribution in [2.45, 2.75) is 18.9 Å². The van der Waals surface area contributed by atoms with Crippen LogP contribution in [0.4, 0.5) is 10.5 Å². The number of fused-ring (bicyclic) bond motifs is 3. The molecule has 0 saturated heterocycles. The number of amides is 2. The standard InChI is InChI=1S/C33H30N2O6/c1-40-30-19-23(15-16-28(30)32(38)35(18-17-31(36)37)20-22-9-3-2-4-10-22)34-33(39)41-21-29-26-13-7-5-11-24(26)25-12-6-8-14-27(25)29/h2-16,19,29H,17-18,20-21H2,1H3,(H,34,39)(H,36,37). The number of nitrogens with one attached hydrogen (secondary N) is 1. The van der Waals surface area contributed by atoms with Gasteiger partial charge in [-0.25, -0.2) is 4.79 Å². The van der Waals surface area contributed by atoms with E-state index < -0.39 is 12.1 Å². The number of rotatable bonds is 10. The maximum atomic E-state index is 13.5. The molecule has 0 unspecified atom stereocenters. The van der Waals surface area contributed by atoms with Crippen LogP contribution in [-0.4, -0.2) is 48.2 Å². The van der Waals surface area contributed by atoms with Crippen LogP contribution in [0.2, 0.25) is 0 Å². The minimum absolute atomic E-state index is 0.0337. The molecular weight excluding hydrogens is 520 g/mol. The molecule has 0 aromatic heterocycles. The summed E-state index contributed by atoms with van der Waals surface area (Å²) in [7, 11) is 1.43. The number of anilines is 1. The molecule has 0 saturated carbocycles. The first-order valence-corrected chi connectivity index (χ1v) is 13.3. The number of aliphatic carboxylic acids is 1. The summed E-state index contributed by atoms with van der Waals surface area (Å²) in [5.74, 6) is -1.19. The summed E-state index contributed by atoms with van der Waals surface area (Å²) in [6.45, 7) is 0.452. The molecule has 0 aliphatic heterocycles. The molecule has 4 aromatic carbocycles. The molecule has 1 aliphatic rings. The van der Waals surface area contributed by atoms with Crippen molar-refractivity contribution in [1.29, 1.82) is 0 Å². The van der Waals surface area contributed by atoms with E-state index in [0.717, 1.165) is 27.8 Å². The molecule has 0 spiro atoms. The lowest BCUT2D eigenvalue weighted by Gasteiger charge is -2.23. The first-order valence-electron chi connectivity index (χ1n) is 13.3. The van der Waals surface area contributed by atoms with Gasteiger partial charge in [0.2, 0.25) is 0 Å². The largest absolute Gasteiger partial charge is 0.496 e. The van der Waals surface area contributed by atoms with Gasteiger partial charge in [-0.3, -0.25) is 14.9 Å². The Bertz CT molecular complexity index is 1520. The topological polar surface area (TPSA) is 105 Å². The van der Waals surface area contributed by atoms with Gasteiger partial charge in [0, 0.05) is 30.8 Å². The molecule has 4 aromatic rings. The van der Waals surface area contributed by atoms with Crippen LogP contribution in [0.5, 0.6) is 5.75 Å². The fourth-order valence-electron chi connectivity index (χ4n) is 5.16. The van der Waals surface area contributed by atoms with Gasteiger partial charge < -0.3 is 19.5 Å². The van der Waals surface area contributed by atoms with Crippen molar-refractivity contribution in [3.8, 4) is 16.9 Å². The zero-order valence-corrected chi connectivity index (χ0v) is 22.6. The second-order valence-electron chi connectivity index (χ2n) is 9.72. The summed E-state index contributed by atoms with van der Waals surface area (Å²) >= 11 is 0. The zero-order chi connectivity index (χ0) is 28.8. The maximum absolute atomic E-state index is 13.5. The Morgan fingerprint density at radius 1 is 0.854 bits per heavy atom. The predicted octanol–water partition coefficient (Wildman–Crippen LogP) is 6.17. The van der Waals surface area contributed by atoms with E-state index in [-0.39, 0.29) is 49.3 Å². The lowest BCUT2D eigenvalue weighted by molar-refractivity contribution is -0.137. The van der Waals surface area contributed by atoms with Crippen LogP contribution < -0.4 is 10.1 Å². The molecule has 1 aliphatic carbocycles. The number of hydrogen-bond acceptors (Lipinski definition) is 5. The van der Waals surface area contributed by atoms with E-state index in [1.807, 2.05) is 54.6 Å². The number of carboxylic acids is 1. The molecule has 0 bridgehead atoms. The van der Waals surface area contributed by atoms with Gasteiger partial charge in [-0.15, -0.1) is 0 Å². The summed E-state index contributed by atoms with van der Waals surface area (Å²) in [5, 5.41) is 11.9. The minimum Gasteiger partial charge on any atom is -0.496 e. The highest BCUT2D eigenvalue weighted by atomic mass is 16.5. The Kier molecular flexibility index (Phi) is 8.29. The Hall–Kier alpha value is -5.11. The van der Waals surface area contributed by atoms with E-state index >= 15 is 0 Å². The average Bonchev–Trinajstić information content (AvgIpc) is 3.31. The molecule has 0 heterocycles. The predicted molar refractivity (Wildman–Crippen MR) is 155 cm³/mol. The van der Waals surface area contributed by atoms with Crippen LogP contribution in [0, 0.1) is 0 Å². The van der Waals surface area contributed by atoms with Gasteiger partial charge in [0.15, 0.2) is 0 Å². The first kappa shape index (κ1) is 27.5. The van der Waals surface area contributed by atoms with Crippen LogP contribution in [0.15, 0.2) is 97.1 Å². The van der Waals surface area contributed by atoms with Crippen molar-refractivity contribution in [2.24, 2.45) is 0 Å². The van der Waals surface area contributed by atoms with Crippen molar-refractivity contribution in [1.82, 2.24) is 4.90 Å². The third-order valence-corrected chi connectivity index (χ3v) is 7.12. The van der Waals surface area contributed by atoms with Gasteiger partial charge in [0.05, 0.1) is 19.1 Å². The summed E-state index contributed by atoms with van der Waals surface area (Å²) < 4.78 is 11.1. The van der Waals surface area contributed by atoms with Gasteiger partial charge in [-0.1, -0.05) is 78.9 Å². The van der Waals surface area contributed by atoms with E-state index in [4.69, 9.17) is 9.47 Å². The summed E-state index contributed by atoms with van der Waals surface area (Å²) in [4.78, 5) is 38.9. The molecule has 0 atom stereocenters. The molecular formula is C33H30N2O6. The molecule has 8 heteroatoms. The van der Waals surface area contributed by atoms with Crippen LogP contribution >= 0.6 is 0 Å². The smallest absolute Gasteiger partial charge is 0.411 e. The highest BCUT2D eigenvalue weighted by molar-refractivity contribution is 5.98. The van der Waals surface area contributed by atoms with Crippen LogP contribution in [0.1, 0.15) is 39.4 Å². The number of methoxy groups -OCH3 is 1.